The van der Waals surface area contributed by atoms with Crippen molar-refractivity contribution < 1.29 is 14.1 Å². The van der Waals surface area contributed by atoms with Gasteiger partial charge in [0.15, 0.2) is 5.17 Å². The van der Waals surface area contributed by atoms with Gasteiger partial charge in [0.25, 0.3) is 11.6 Å². The summed E-state index contributed by atoms with van der Waals surface area (Å²) in [5.74, 6) is -0.313. The number of aliphatic imine (C=N–C) groups is 1. The molecule has 8 heteroatoms. The molecule has 2 aromatic rings. The molecule has 1 amide bonds. The van der Waals surface area contributed by atoms with Gasteiger partial charge in [-0.25, -0.2) is 4.39 Å². The number of nitro groups is 1. The number of amides is 1. The lowest BCUT2D eigenvalue weighted by atomic mass is 10.1. The van der Waals surface area contributed by atoms with E-state index in [-0.39, 0.29) is 17.1 Å². The van der Waals surface area contributed by atoms with Crippen LogP contribution < -0.4 is 0 Å². The highest BCUT2D eigenvalue weighted by Crippen LogP contribution is 2.25. The third-order valence-corrected chi connectivity index (χ3v) is 4.72. The molecular weight excluding hydrogens is 345 g/mol. The Balaban J connectivity index is 1.75. The van der Waals surface area contributed by atoms with Gasteiger partial charge in [-0.05, 0) is 23.8 Å². The SMILES string of the molecule is O=C(c1ccccc1[N+](=O)[O-])N1CCN=C1SCc1cccc(F)c1. The summed E-state index contributed by atoms with van der Waals surface area (Å²) in [6, 6.07) is 12.1. The van der Waals surface area contributed by atoms with Crippen LogP contribution in [0.25, 0.3) is 0 Å². The van der Waals surface area contributed by atoms with E-state index in [4.69, 9.17) is 0 Å². The summed E-state index contributed by atoms with van der Waals surface area (Å²) < 4.78 is 13.2. The molecule has 0 spiro atoms. The smallest absolute Gasteiger partial charge is 0.282 e. The van der Waals surface area contributed by atoms with E-state index in [2.05, 4.69) is 4.99 Å². The molecule has 0 aromatic heterocycles. The molecule has 2 aromatic carbocycles. The normalized spacial score (nSPS) is 13.6. The van der Waals surface area contributed by atoms with E-state index in [1.54, 1.807) is 18.2 Å². The number of thioether (sulfide) groups is 1. The third kappa shape index (κ3) is 3.85. The van der Waals surface area contributed by atoms with Crippen LogP contribution in [0.2, 0.25) is 0 Å². The summed E-state index contributed by atoms with van der Waals surface area (Å²) >= 11 is 1.31. The Labute approximate surface area is 147 Å². The van der Waals surface area contributed by atoms with E-state index in [1.807, 2.05) is 0 Å². The molecule has 0 bridgehead atoms. The summed E-state index contributed by atoms with van der Waals surface area (Å²) in [7, 11) is 0. The lowest BCUT2D eigenvalue weighted by Crippen LogP contribution is -2.33. The van der Waals surface area contributed by atoms with Crippen LogP contribution >= 0.6 is 11.8 Å². The number of benzene rings is 2. The Kier molecular flexibility index (Phi) is 5.08. The van der Waals surface area contributed by atoms with Crippen LogP contribution in [0, 0.1) is 15.9 Å². The van der Waals surface area contributed by atoms with E-state index >= 15 is 0 Å². The summed E-state index contributed by atoms with van der Waals surface area (Å²) in [6.45, 7) is 0.814. The van der Waals surface area contributed by atoms with Crippen molar-refractivity contribution >= 4 is 28.5 Å². The fraction of sp³-hybridized carbons (Fsp3) is 0.176. The molecule has 0 radical (unpaired) electrons. The topological polar surface area (TPSA) is 75.8 Å². The van der Waals surface area contributed by atoms with Crippen LogP contribution in [0.3, 0.4) is 0 Å². The minimum Gasteiger partial charge on any atom is -0.285 e. The Bertz CT molecular complexity index is 857. The van der Waals surface area contributed by atoms with Crippen LogP contribution in [-0.2, 0) is 5.75 Å². The fourth-order valence-electron chi connectivity index (χ4n) is 2.47. The number of carbonyl (C=O) groups is 1. The average Bonchev–Trinajstić information content (AvgIpc) is 3.08. The first kappa shape index (κ1) is 17.1. The molecule has 1 heterocycles. The second-order valence-corrected chi connectivity index (χ2v) is 6.26. The van der Waals surface area contributed by atoms with Gasteiger partial charge in [-0.2, -0.15) is 0 Å². The highest BCUT2D eigenvalue weighted by Gasteiger charge is 2.29. The molecule has 0 saturated heterocycles. The van der Waals surface area contributed by atoms with Crippen LogP contribution in [-0.4, -0.2) is 34.0 Å². The maximum atomic E-state index is 13.2. The fourth-order valence-corrected chi connectivity index (χ4v) is 3.46. The Hall–Kier alpha value is -2.74. The van der Waals surface area contributed by atoms with E-state index in [1.165, 1.54) is 47.0 Å². The van der Waals surface area contributed by atoms with Gasteiger partial charge in [0.05, 0.1) is 11.5 Å². The number of hydrogen-bond donors (Lipinski definition) is 0. The Morgan fingerprint density at radius 3 is 2.84 bits per heavy atom. The van der Waals surface area contributed by atoms with Gasteiger partial charge in [0.2, 0.25) is 0 Å². The van der Waals surface area contributed by atoms with Crippen molar-refractivity contribution in [3.05, 3.63) is 75.6 Å². The van der Waals surface area contributed by atoms with Gasteiger partial charge >= 0.3 is 0 Å². The predicted octanol–water partition coefficient (Wildman–Crippen LogP) is 3.48. The van der Waals surface area contributed by atoms with Gasteiger partial charge in [0.1, 0.15) is 11.4 Å². The minimum atomic E-state index is -0.569. The number of nitro benzene ring substituents is 1. The number of carbonyl (C=O) groups excluding carboxylic acids is 1. The van der Waals surface area contributed by atoms with Crippen molar-refractivity contribution in [2.24, 2.45) is 4.99 Å². The summed E-state index contributed by atoms with van der Waals surface area (Å²) in [6.07, 6.45) is 0. The summed E-state index contributed by atoms with van der Waals surface area (Å²) in [5, 5.41) is 11.6. The molecule has 25 heavy (non-hydrogen) atoms. The highest BCUT2D eigenvalue weighted by atomic mass is 32.2. The molecule has 0 atom stereocenters. The summed E-state index contributed by atoms with van der Waals surface area (Å²) in [4.78, 5) is 29.0. The molecule has 128 valence electrons. The second-order valence-electron chi connectivity index (χ2n) is 5.31. The number of nitrogens with zero attached hydrogens (tertiary/aromatic N) is 3. The minimum absolute atomic E-state index is 0.0356. The molecule has 0 unspecified atom stereocenters. The van der Waals surface area contributed by atoms with E-state index < -0.39 is 10.8 Å². The molecule has 0 fully saturated rings. The first-order chi connectivity index (χ1) is 12.1. The number of hydrogen-bond acceptors (Lipinski definition) is 5. The van der Waals surface area contributed by atoms with Crippen molar-refractivity contribution in [1.82, 2.24) is 4.90 Å². The second kappa shape index (κ2) is 7.43. The molecule has 6 nitrogen and oxygen atoms in total. The highest BCUT2D eigenvalue weighted by molar-refractivity contribution is 8.13. The lowest BCUT2D eigenvalue weighted by Gasteiger charge is -2.17. The zero-order valence-electron chi connectivity index (χ0n) is 13.1. The first-order valence-corrected chi connectivity index (χ1v) is 8.52. The molecule has 1 aliphatic rings. The van der Waals surface area contributed by atoms with Crippen LogP contribution in [0.1, 0.15) is 15.9 Å². The Morgan fingerprint density at radius 2 is 2.08 bits per heavy atom. The maximum Gasteiger partial charge on any atom is 0.282 e. The van der Waals surface area contributed by atoms with Gasteiger partial charge in [0, 0.05) is 18.4 Å². The average molecular weight is 359 g/mol. The van der Waals surface area contributed by atoms with Crippen LogP contribution in [0.15, 0.2) is 53.5 Å². The van der Waals surface area contributed by atoms with Crippen LogP contribution in [0.4, 0.5) is 10.1 Å². The maximum absolute atomic E-state index is 13.2. The quantitative estimate of drug-likeness (QED) is 0.619. The van der Waals surface area contributed by atoms with E-state index in [0.29, 0.717) is 24.0 Å². The predicted molar refractivity (Wildman–Crippen MR) is 94.1 cm³/mol. The van der Waals surface area contributed by atoms with Gasteiger partial charge in [-0.15, -0.1) is 0 Å². The summed E-state index contributed by atoms with van der Waals surface area (Å²) in [5.41, 5.74) is 0.583. The molecule has 1 aliphatic heterocycles. The molecule has 3 rings (SSSR count). The van der Waals surface area contributed by atoms with Crippen molar-refractivity contribution in [2.45, 2.75) is 5.75 Å². The van der Waals surface area contributed by atoms with Gasteiger partial charge in [-0.1, -0.05) is 36.0 Å². The lowest BCUT2D eigenvalue weighted by molar-refractivity contribution is -0.385. The standard InChI is InChI=1S/C17H14FN3O3S/c18-13-5-3-4-12(10-13)11-25-17-19-8-9-20(17)16(22)14-6-1-2-7-15(14)21(23)24/h1-7,10H,8-9,11H2. The van der Waals surface area contributed by atoms with Crippen molar-refractivity contribution in [1.29, 1.82) is 0 Å². The molecule has 0 saturated carbocycles. The third-order valence-electron chi connectivity index (χ3n) is 3.63. The van der Waals surface area contributed by atoms with Crippen LogP contribution in [0.5, 0.6) is 0 Å². The zero-order chi connectivity index (χ0) is 17.8. The number of para-hydroxylation sites is 1. The van der Waals surface area contributed by atoms with Crippen molar-refractivity contribution in [2.75, 3.05) is 13.1 Å². The number of amidine groups is 1. The number of rotatable bonds is 4. The molecule has 0 aliphatic carbocycles. The number of halogens is 1. The van der Waals surface area contributed by atoms with Crippen molar-refractivity contribution in [3.63, 3.8) is 0 Å². The van der Waals surface area contributed by atoms with E-state index in [0.717, 1.165) is 5.56 Å². The van der Waals surface area contributed by atoms with Gasteiger partial charge < -0.3 is 0 Å². The van der Waals surface area contributed by atoms with Crippen molar-refractivity contribution in [3.8, 4) is 0 Å². The van der Waals surface area contributed by atoms with E-state index in [9.17, 15) is 19.3 Å². The van der Waals surface area contributed by atoms with Gasteiger partial charge in [-0.3, -0.25) is 24.8 Å². The molecular formula is C17H14FN3O3S. The monoisotopic (exact) mass is 359 g/mol. The Morgan fingerprint density at radius 1 is 1.28 bits per heavy atom. The first-order valence-electron chi connectivity index (χ1n) is 7.53. The molecule has 0 N–H and O–H groups in total. The zero-order valence-corrected chi connectivity index (χ0v) is 13.9. The largest absolute Gasteiger partial charge is 0.285 e.